The Balaban J connectivity index is 1.84. The molecule has 118 valence electrons. The molecule has 0 N–H and O–H groups in total. The molecule has 1 atom stereocenters. The molecule has 0 saturated carbocycles. The zero-order valence-corrected chi connectivity index (χ0v) is 12.6. The number of amides is 2. The van der Waals surface area contributed by atoms with Gasteiger partial charge in [-0.2, -0.15) is 0 Å². The number of hydrogen-bond acceptors (Lipinski definition) is 4. The lowest BCUT2D eigenvalue weighted by atomic mass is 9.94. The SMILES string of the molecule is O=C1CC(c2cccc3occc(=O)c23)C(=O)N1c1ccccc1. The molecule has 0 aliphatic carbocycles. The average Bonchev–Trinajstić information content (AvgIpc) is 2.90. The van der Waals surface area contributed by atoms with Crippen molar-refractivity contribution in [1.29, 1.82) is 0 Å². The Hall–Kier alpha value is -3.21. The molecule has 24 heavy (non-hydrogen) atoms. The van der Waals surface area contributed by atoms with Crippen LogP contribution in [0.15, 0.2) is 70.1 Å². The van der Waals surface area contributed by atoms with E-state index in [-0.39, 0.29) is 23.7 Å². The van der Waals surface area contributed by atoms with Crippen molar-refractivity contribution >= 4 is 28.5 Å². The predicted octanol–water partition coefficient (Wildman–Crippen LogP) is 2.84. The van der Waals surface area contributed by atoms with E-state index in [1.807, 2.05) is 6.07 Å². The van der Waals surface area contributed by atoms with Gasteiger partial charge in [0.1, 0.15) is 5.58 Å². The van der Waals surface area contributed by atoms with E-state index < -0.39 is 5.92 Å². The highest BCUT2D eigenvalue weighted by molar-refractivity contribution is 6.23. The number of benzene rings is 2. The van der Waals surface area contributed by atoms with Gasteiger partial charge in [-0.3, -0.25) is 19.3 Å². The fraction of sp³-hybridized carbons (Fsp3) is 0.105. The van der Waals surface area contributed by atoms with Gasteiger partial charge in [0.15, 0.2) is 5.43 Å². The summed E-state index contributed by atoms with van der Waals surface area (Å²) in [5.74, 6) is -1.26. The van der Waals surface area contributed by atoms with Gasteiger partial charge in [-0.25, -0.2) is 0 Å². The smallest absolute Gasteiger partial charge is 0.241 e. The molecule has 5 heteroatoms. The lowest BCUT2D eigenvalue weighted by Gasteiger charge is -2.15. The minimum atomic E-state index is -0.674. The van der Waals surface area contributed by atoms with Gasteiger partial charge in [0.25, 0.3) is 0 Å². The van der Waals surface area contributed by atoms with Crippen LogP contribution in [0.3, 0.4) is 0 Å². The second-order valence-electron chi connectivity index (χ2n) is 5.66. The fourth-order valence-corrected chi connectivity index (χ4v) is 3.18. The van der Waals surface area contributed by atoms with Gasteiger partial charge in [-0.05, 0) is 23.8 Å². The van der Waals surface area contributed by atoms with E-state index in [4.69, 9.17) is 4.42 Å². The molecular formula is C19H13NO4. The molecule has 2 heterocycles. The summed E-state index contributed by atoms with van der Waals surface area (Å²) >= 11 is 0. The maximum absolute atomic E-state index is 12.8. The van der Waals surface area contributed by atoms with Crippen LogP contribution in [0.2, 0.25) is 0 Å². The van der Waals surface area contributed by atoms with Crippen molar-refractivity contribution in [1.82, 2.24) is 0 Å². The van der Waals surface area contributed by atoms with Gasteiger partial charge in [0.2, 0.25) is 11.8 Å². The lowest BCUT2D eigenvalue weighted by molar-refractivity contribution is -0.121. The average molecular weight is 319 g/mol. The molecule has 5 nitrogen and oxygen atoms in total. The monoisotopic (exact) mass is 319 g/mol. The predicted molar refractivity (Wildman–Crippen MR) is 88.8 cm³/mol. The van der Waals surface area contributed by atoms with Crippen molar-refractivity contribution in [2.45, 2.75) is 12.3 Å². The van der Waals surface area contributed by atoms with Crippen molar-refractivity contribution in [3.05, 3.63) is 76.6 Å². The van der Waals surface area contributed by atoms with E-state index in [0.29, 0.717) is 22.2 Å². The van der Waals surface area contributed by atoms with E-state index in [0.717, 1.165) is 0 Å². The van der Waals surface area contributed by atoms with Crippen molar-refractivity contribution in [2.75, 3.05) is 4.90 Å². The van der Waals surface area contributed by atoms with E-state index in [9.17, 15) is 14.4 Å². The molecule has 3 aromatic rings. The molecule has 2 aromatic carbocycles. The summed E-state index contributed by atoms with van der Waals surface area (Å²) in [5, 5.41) is 0.362. The third-order valence-electron chi connectivity index (χ3n) is 4.26. The van der Waals surface area contributed by atoms with Crippen LogP contribution in [0.4, 0.5) is 5.69 Å². The molecule has 0 radical (unpaired) electrons. The number of para-hydroxylation sites is 1. The van der Waals surface area contributed by atoms with Crippen LogP contribution in [-0.4, -0.2) is 11.8 Å². The van der Waals surface area contributed by atoms with Crippen LogP contribution in [0.5, 0.6) is 0 Å². The number of rotatable bonds is 2. The highest BCUT2D eigenvalue weighted by atomic mass is 16.3. The van der Waals surface area contributed by atoms with Crippen LogP contribution in [0.25, 0.3) is 11.0 Å². The highest BCUT2D eigenvalue weighted by Crippen LogP contribution is 2.35. The van der Waals surface area contributed by atoms with E-state index in [2.05, 4.69) is 0 Å². The minimum absolute atomic E-state index is 0.0428. The number of imide groups is 1. The van der Waals surface area contributed by atoms with Crippen molar-refractivity contribution in [2.24, 2.45) is 0 Å². The highest BCUT2D eigenvalue weighted by Gasteiger charge is 2.41. The topological polar surface area (TPSA) is 67.6 Å². The summed E-state index contributed by atoms with van der Waals surface area (Å²) < 4.78 is 5.36. The first-order valence-electron chi connectivity index (χ1n) is 7.59. The molecule has 1 aliphatic heterocycles. The first-order valence-corrected chi connectivity index (χ1v) is 7.59. The second-order valence-corrected chi connectivity index (χ2v) is 5.66. The van der Waals surface area contributed by atoms with Gasteiger partial charge >= 0.3 is 0 Å². The Morgan fingerprint density at radius 2 is 1.71 bits per heavy atom. The molecule has 1 fully saturated rings. The van der Waals surface area contributed by atoms with Gasteiger partial charge in [0.05, 0.1) is 23.3 Å². The summed E-state index contributed by atoms with van der Waals surface area (Å²) in [6.07, 6.45) is 1.37. The standard InChI is InChI=1S/C19H13NO4/c21-15-9-10-24-16-8-4-7-13(18(15)16)14-11-17(22)20(19(14)23)12-5-2-1-3-6-12/h1-10,14H,11H2. The Bertz CT molecular complexity index is 1000. The number of hydrogen-bond donors (Lipinski definition) is 0. The Morgan fingerprint density at radius 1 is 0.917 bits per heavy atom. The molecule has 1 aliphatic rings. The van der Waals surface area contributed by atoms with E-state index >= 15 is 0 Å². The van der Waals surface area contributed by atoms with Crippen molar-refractivity contribution in [3.8, 4) is 0 Å². The Kier molecular flexibility index (Phi) is 3.27. The first kappa shape index (κ1) is 14.4. The van der Waals surface area contributed by atoms with Crippen LogP contribution in [0, 0.1) is 0 Å². The zero-order valence-electron chi connectivity index (χ0n) is 12.6. The molecule has 0 bridgehead atoms. The third kappa shape index (κ3) is 2.13. The van der Waals surface area contributed by atoms with E-state index in [1.54, 1.807) is 42.5 Å². The summed E-state index contributed by atoms with van der Waals surface area (Å²) in [7, 11) is 0. The molecular weight excluding hydrogens is 306 g/mol. The van der Waals surface area contributed by atoms with Crippen LogP contribution in [-0.2, 0) is 9.59 Å². The van der Waals surface area contributed by atoms with Gasteiger partial charge in [-0.15, -0.1) is 0 Å². The summed E-state index contributed by atoms with van der Waals surface area (Å²) in [5.41, 5.74) is 1.28. The van der Waals surface area contributed by atoms with Gasteiger partial charge in [-0.1, -0.05) is 30.3 Å². The van der Waals surface area contributed by atoms with Crippen LogP contribution >= 0.6 is 0 Å². The Morgan fingerprint density at radius 3 is 2.50 bits per heavy atom. The van der Waals surface area contributed by atoms with Crippen LogP contribution in [0.1, 0.15) is 17.9 Å². The maximum Gasteiger partial charge on any atom is 0.241 e. The number of fused-ring (bicyclic) bond motifs is 1. The van der Waals surface area contributed by atoms with Crippen molar-refractivity contribution < 1.29 is 14.0 Å². The molecule has 2 amide bonds. The normalized spacial score (nSPS) is 17.7. The largest absolute Gasteiger partial charge is 0.464 e. The third-order valence-corrected chi connectivity index (χ3v) is 4.26. The minimum Gasteiger partial charge on any atom is -0.464 e. The number of anilines is 1. The molecule has 0 spiro atoms. The number of nitrogens with zero attached hydrogens (tertiary/aromatic N) is 1. The molecule has 1 saturated heterocycles. The summed E-state index contributed by atoms with van der Waals surface area (Å²) in [6.45, 7) is 0. The van der Waals surface area contributed by atoms with E-state index in [1.165, 1.54) is 17.2 Å². The maximum atomic E-state index is 12.8. The molecule has 1 unspecified atom stereocenters. The van der Waals surface area contributed by atoms with Gasteiger partial charge in [0, 0.05) is 12.5 Å². The number of carbonyl (C=O) groups is 2. The summed E-state index contributed by atoms with van der Waals surface area (Å²) in [6, 6.07) is 15.2. The van der Waals surface area contributed by atoms with Crippen LogP contribution < -0.4 is 10.3 Å². The van der Waals surface area contributed by atoms with Gasteiger partial charge < -0.3 is 4.42 Å². The second kappa shape index (κ2) is 5.45. The summed E-state index contributed by atoms with van der Waals surface area (Å²) in [4.78, 5) is 38.7. The molecule has 1 aromatic heterocycles. The quantitative estimate of drug-likeness (QED) is 0.681. The lowest BCUT2D eigenvalue weighted by Crippen LogP contribution is -2.30. The molecule has 4 rings (SSSR count). The van der Waals surface area contributed by atoms with Crippen molar-refractivity contribution in [3.63, 3.8) is 0 Å². The zero-order chi connectivity index (χ0) is 16.7. The first-order chi connectivity index (χ1) is 11.7. The number of carbonyl (C=O) groups excluding carboxylic acids is 2. The fourth-order valence-electron chi connectivity index (χ4n) is 3.18. The Labute approximate surface area is 137 Å².